The zero-order valence-electron chi connectivity index (χ0n) is 8.29. The van der Waals surface area contributed by atoms with Crippen LogP contribution >= 0.6 is 0 Å². The van der Waals surface area contributed by atoms with Crippen molar-refractivity contribution in [3.8, 4) is 0 Å². The van der Waals surface area contributed by atoms with Crippen LogP contribution in [0.3, 0.4) is 0 Å². The Kier molecular flexibility index (Phi) is 3.45. The molecule has 0 saturated carbocycles. The number of carbonyl (C=O) groups is 2. The van der Waals surface area contributed by atoms with Crippen LogP contribution in [0.4, 0.5) is 0 Å². The number of carbonyl (C=O) groups excluding carboxylic acids is 2. The van der Waals surface area contributed by atoms with E-state index in [1.807, 2.05) is 0 Å². The van der Waals surface area contributed by atoms with Gasteiger partial charge in [-0.05, 0) is 13.8 Å². The maximum Gasteiger partial charge on any atom is 0.336 e. The maximum atomic E-state index is 11.4. The molecule has 0 bridgehead atoms. The third kappa shape index (κ3) is 2.22. The van der Waals surface area contributed by atoms with Gasteiger partial charge in [-0.3, -0.25) is 4.79 Å². The van der Waals surface area contributed by atoms with Crippen molar-refractivity contribution >= 4 is 11.8 Å². The van der Waals surface area contributed by atoms with Crippen molar-refractivity contribution in [3.05, 3.63) is 23.4 Å². The molecule has 1 aliphatic heterocycles. The number of esters is 1. The summed E-state index contributed by atoms with van der Waals surface area (Å²) in [5.74, 6) is -0.576. The second-order valence-corrected chi connectivity index (χ2v) is 2.90. The lowest BCUT2D eigenvalue weighted by Gasteiger charge is -2.07. The Morgan fingerprint density at radius 3 is 3.00 bits per heavy atom. The normalized spacial score (nSPS) is 16.3. The van der Waals surface area contributed by atoms with Crippen molar-refractivity contribution in [2.45, 2.75) is 13.8 Å². The first-order chi connectivity index (χ1) is 6.66. The van der Waals surface area contributed by atoms with Crippen LogP contribution in [-0.4, -0.2) is 24.9 Å². The predicted molar refractivity (Wildman–Crippen MR) is 51.5 cm³/mol. The van der Waals surface area contributed by atoms with Gasteiger partial charge in [0.1, 0.15) is 0 Å². The van der Waals surface area contributed by atoms with Crippen molar-refractivity contribution in [1.82, 2.24) is 5.32 Å². The Bertz CT molecular complexity index is 315. The molecular weight excluding hydrogens is 182 g/mol. The van der Waals surface area contributed by atoms with E-state index >= 15 is 0 Å². The summed E-state index contributed by atoms with van der Waals surface area (Å²) < 4.78 is 4.84. The highest BCUT2D eigenvalue weighted by molar-refractivity contribution is 6.09. The maximum absolute atomic E-state index is 11.4. The molecule has 1 rings (SSSR count). The van der Waals surface area contributed by atoms with E-state index in [-0.39, 0.29) is 5.78 Å². The quantitative estimate of drug-likeness (QED) is 0.654. The van der Waals surface area contributed by atoms with Crippen molar-refractivity contribution in [2.75, 3.05) is 13.2 Å². The Labute approximate surface area is 82.6 Å². The molecule has 0 atom stereocenters. The van der Waals surface area contributed by atoms with Crippen LogP contribution in [-0.2, 0) is 14.3 Å². The van der Waals surface area contributed by atoms with Gasteiger partial charge in [-0.15, -0.1) is 0 Å². The highest BCUT2D eigenvalue weighted by Gasteiger charge is 2.18. The zero-order valence-corrected chi connectivity index (χ0v) is 8.29. The molecule has 0 aromatic rings. The van der Waals surface area contributed by atoms with Gasteiger partial charge in [0.05, 0.1) is 12.2 Å². The van der Waals surface area contributed by atoms with Gasteiger partial charge >= 0.3 is 5.97 Å². The van der Waals surface area contributed by atoms with Gasteiger partial charge in [0.15, 0.2) is 5.78 Å². The molecule has 0 aromatic heterocycles. The molecule has 0 unspecified atom stereocenters. The standard InChI is InChI=1S/C10H13NO3/c1-3-14-10(13)8-6-11-5-4-9(12)7(8)2/h4-5,11H,3,6H2,1-2H3. The molecule has 4 heteroatoms. The first-order valence-electron chi connectivity index (χ1n) is 4.48. The van der Waals surface area contributed by atoms with E-state index in [2.05, 4.69) is 5.32 Å². The summed E-state index contributed by atoms with van der Waals surface area (Å²) in [6.07, 6.45) is 2.94. The molecule has 1 heterocycles. The van der Waals surface area contributed by atoms with Gasteiger partial charge in [0, 0.05) is 24.4 Å². The van der Waals surface area contributed by atoms with Gasteiger partial charge in [-0.1, -0.05) is 0 Å². The van der Waals surface area contributed by atoms with E-state index in [4.69, 9.17) is 4.74 Å². The highest BCUT2D eigenvalue weighted by atomic mass is 16.5. The Morgan fingerprint density at radius 2 is 2.36 bits per heavy atom. The van der Waals surface area contributed by atoms with Crippen LogP contribution < -0.4 is 5.32 Å². The average Bonchev–Trinajstić information content (AvgIpc) is 2.31. The highest BCUT2D eigenvalue weighted by Crippen LogP contribution is 2.10. The zero-order chi connectivity index (χ0) is 10.6. The van der Waals surface area contributed by atoms with Gasteiger partial charge < -0.3 is 10.1 Å². The van der Waals surface area contributed by atoms with Crippen molar-refractivity contribution in [1.29, 1.82) is 0 Å². The Balaban J connectivity index is 2.90. The first kappa shape index (κ1) is 10.5. The van der Waals surface area contributed by atoms with Crippen LogP contribution in [0.15, 0.2) is 23.4 Å². The van der Waals surface area contributed by atoms with E-state index in [1.54, 1.807) is 13.8 Å². The fourth-order valence-electron chi connectivity index (χ4n) is 1.15. The molecule has 4 nitrogen and oxygen atoms in total. The predicted octanol–water partition coefficient (Wildman–Crippen LogP) is 0.552. The molecule has 1 aliphatic rings. The number of ketones is 1. The molecule has 1 N–H and O–H groups in total. The minimum Gasteiger partial charge on any atom is -0.463 e. The SMILES string of the molecule is CCOC(=O)C1=C(C)C(=O)C=CNC1. The smallest absolute Gasteiger partial charge is 0.336 e. The second-order valence-electron chi connectivity index (χ2n) is 2.90. The number of hydrogen-bond donors (Lipinski definition) is 1. The summed E-state index contributed by atoms with van der Waals surface area (Å²) in [5, 5.41) is 2.84. The molecule has 76 valence electrons. The fourth-order valence-corrected chi connectivity index (χ4v) is 1.15. The van der Waals surface area contributed by atoms with E-state index in [0.717, 1.165) is 0 Å². The summed E-state index contributed by atoms with van der Waals surface area (Å²) in [6, 6.07) is 0. The topological polar surface area (TPSA) is 55.4 Å². The molecule has 0 amide bonds. The number of rotatable bonds is 2. The largest absolute Gasteiger partial charge is 0.463 e. The van der Waals surface area contributed by atoms with Gasteiger partial charge in [0.25, 0.3) is 0 Å². The number of nitrogens with one attached hydrogen (secondary N) is 1. The molecule has 0 saturated heterocycles. The summed E-state index contributed by atoms with van der Waals surface area (Å²) in [6.45, 7) is 4.02. The third-order valence-electron chi connectivity index (χ3n) is 1.98. The molecule has 0 fully saturated rings. The summed E-state index contributed by atoms with van der Waals surface area (Å²) >= 11 is 0. The van der Waals surface area contributed by atoms with Crippen LogP contribution in [0.25, 0.3) is 0 Å². The molecule has 0 spiro atoms. The Hall–Kier alpha value is -1.58. The lowest BCUT2D eigenvalue weighted by molar-refractivity contribution is -0.138. The van der Waals surface area contributed by atoms with E-state index in [1.165, 1.54) is 12.3 Å². The van der Waals surface area contributed by atoms with Crippen molar-refractivity contribution in [2.24, 2.45) is 0 Å². The van der Waals surface area contributed by atoms with E-state index < -0.39 is 5.97 Å². The van der Waals surface area contributed by atoms with Crippen LogP contribution in [0.1, 0.15) is 13.8 Å². The molecule has 0 radical (unpaired) electrons. The number of hydrogen-bond acceptors (Lipinski definition) is 4. The summed E-state index contributed by atoms with van der Waals surface area (Å²) in [7, 11) is 0. The number of allylic oxidation sites excluding steroid dienone is 2. The first-order valence-corrected chi connectivity index (χ1v) is 4.48. The van der Waals surface area contributed by atoms with Crippen LogP contribution in [0.2, 0.25) is 0 Å². The lowest BCUT2D eigenvalue weighted by Crippen LogP contribution is -2.19. The summed E-state index contributed by atoms with van der Waals surface area (Å²) in [5.41, 5.74) is 0.853. The minimum atomic E-state index is -0.422. The van der Waals surface area contributed by atoms with Crippen molar-refractivity contribution in [3.63, 3.8) is 0 Å². The summed E-state index contributed by atoms with van der Waals surface area (Å²) in [4.78, 5) is 22.7. The van der Waals surface area contributed by atoms with Gasteiger partial charge in [-0.2, -0.15) is 0 Å². The van der Waals surface area contributed by atoms with Crippen molar-refractivity contribution < 1.29 is 14.3 Å². The second kappa shape index (κ2) is 4.60. The van der Waals surface area contributed by atoms with Crippen LogP contribution in [0.5, 0.6) is 0 Å². The molecule has 0 aliphatic carbocycles. The van der Waals surface area contributed by atoms with Gasteiger partial charge in [0.2, 0.25) is 0 Å². The van der Waals surface area contributed by atoms with E-state index in [0.29, 0.717) is 24.3 Å². The molecule has 0 aromatic carbocycles. The number of ether oxygens (including phenoxy) is 1. The average molecular weight is 195 g/mol. The third-order valence-corrected chi connectivity index (χ3v) is 1.98. The lowest BCUT2D eigenvalue weighted by atomic mass is 10.1. The van der Waals surface area contributed by atoms with Crippen LogP contribution in [0, 0.1) is 0 Å². The fraction of sp³-hybridized carbons (Fsp3) is 0.400. The monoisotopic (exact) mass is 195 g/mol. The molecular formula is C10H13NO3. The minimum absolute atomic E-state index is 0.155. The molecule has 14 heavy (non-hydrogen) atoms. The Morgan fingerprint density at radius 1 is 1.64 bits per heavy atom. The van der Waals surface area contributed by atoms with E-state index in [9.17, 15) is 9.59 Å². The van der Waals surface area contributed by atoms with Gasteiger partial charge in [-0.25, -0.2) is 4.79 Å².